The van der Waals surface area contributed by atoms with Crippen molar-refractivity contribution in [2.75, 3.05) is 73.9 Å². The predicted molar refractivity (Wildman–Crippen MR) is 229 cm³/mol. The summed E-state index contributed by atoms with van der Waals surface area (Å²) in [6.45, 7) is 5.40. The van der Waals surface area contributed by atoms with Gasteiger partial charge in [0.1, 0.15) is 11.3 Å². The van der Waals surface area contributed by atoms with E-state index in [4.69, 9.17) is 42.4 Å². The van der Waals surface area contributed by atoms with Crippen molar-refractivity contribution >= 4 is 35.1 Å². The first-order chi connectivity index (χ1) is 28.7. The Bertz CT molecular complexity index is 1990. The molecule has 1 aliphatic rings. The lowest BCUT2D eigenvalue weighted by atomic mass is 10.1. The number of rotatable bonds is 23. The number of benzene rings is 3. The second-order valence-electron chi connectivity index (χ2n) is 13.2. The first-order valence-electron chi connectivity index (χ1n) is 19.4. The SMILES string of the molecule is CCSC(SCC)[C@@H]1CCCN1C(=O)c1cc(OC)c(OCCCCCOc2c(OC)cc(-c3cc(-c4cc(OC)c(OC)c(OC)c4)on3)cc2OC)cc1[N+](=O)[O-]. The van der Waals surface area contributed by atoms with Crippen LogP contribution in [0.4, 0.5) is 5.69 Å². The Morgan fingerprint density at radius 1 is 0.763 bits per heavy atom. The van der Waals surface area contributed by atoms with E-state index in [1.165, 1.54) is 26.4 Å². The average molecular weight is 856 g/mol. The van der Waals surface area contributed by atoms with Gasteiger partial charge in [-0.1, -0.05) is 19.0 Å². The van der Waals surface area contributed by atoms with Crippen molar-refractivity contribution in [2.45, 2.75) is 56.6 Å². The molecule has 0 aliphatic carbocycles. The Morgan fingerprint density at radius 3 is 1.90 bits per heavy atom. The molecular formula is C42H53N3O12S2. The van der Waals surface area contributed by atoms with Gasteiger partial charge in [0.2, 0.25) is 11.5 Å². The van der Waals surface area contributed by atoms with Crippen LogP contribution in [0, 0.1) is 10.1 Å². The van der Waals surface area contributed by atoms with Gasteiger partial charge in [-0.05, 0) is 67.9 Å². The van der Waals surface area contributed by atoms with Crippen LogP contribution in [0.25, 0.3) is 22.6 Å². The zero-order chi connectivity index (χ0) is 42.5. The van der Waals surface area contributed by atoms with Crippen LogP contribution < -0.4 is 37.9 Å². The molecule has 1 fully saturated rings. The number of methoxy groups -OCH3 is 6. The zero-order valence-corrected chi connectivity index (χ0v) is 36.5. The highest BCUT2D eigenvalue weighted by Gasteiger charge is 2.38. The standard InChI is InChI=1S/C42H53N3O12S2/c1-9-58-42(59-10-2)30-15-14-16-44(30)41(46)28-23-33(49-3)34(25-31(28)45(47)48)55-17-12-11-13-18-56-40-37(52-6)19-26(20-38(40)53-7)29-24-32(57-43-29)27-21-35(50-4)39(54-8)36(22-27)51-5/h19-25,30,42H,9-18H2,1-8H3/t30-/m0/s1. The fourth-order valence-corrected chi connectivity index (χ4v) is 9.77. The van der Waals surface area contributed by atoms with Crippen LogP contribution in [0.1, 0.15) is 56.3 Å². The van der Waals surface area contributed by atoms with Gasteiger partial charge in [-0.3, -0.25) is 14.9 Å². The van der Waals surface area contributed by atoms with E-state index in [0.29, 0.717) is 83.1 Å². The van der Waals surface area contributed by atoms with E-state index < -0.39 is 4.92 Å². The Labute approximate surface area is 353 Å². The fourth-order valence-electron chi connectivity index (χ4n) is 6.90. The number of thioether (sulfide) groups is 2. The molecule has 1 saturated heterocycles. The topological polar surface area (TPSA) is 163 Å². The largest absolute Gasteiger partial charge is 0.493 e. The molecule has 1 aromatic heterocycles. The van der Waals surface area contributed by atoms with E-state index in [-0.39, 0.29) is 45.9 Å². The van der Waals surface area contributed by atoms with Crippen molar-refractivity contribution in [2.24, 2.45) is 0 Å². The molecule has 5 rings (SSSR count). The summed E-state index contributed by atoms with van der Waals surface area (Å²) in [5.41, 5.74) is 1.61. The molecular weight excluding hydrogens is 803 g/mol. The second kappa shape index (κ2) is 21.7. The van der Waals surface area contributed by atoms with Crippen LogP contribution in [-0.2, 0) is 0 Å². The van der Waals surface area contributed by atoms with Gasteiger partial charge < -0.3 is 47.3 Å². The number of amides is 1. The van der Waals surface area contributed by atoms with E-state index in [1.807, 2.05) is 23.5 Å². The summed E-state index contributed by atoms with van der Waals surface area (Å²) < 4.78 is 51.4. The van der Waals surface area contributed by atoms with Gasteiger partial charge in [0, 0.05) is 29.8 Å². The van der Waals surface area contributed by atoms with Crippen LogP contribution in [-0.4, -0.2) is 105 Å². The minimum atomic E-state index is -0.531. The maximum atomic E-state index is 13.9. The molecule has 0 saturated carbocycles. The van der Waals surface area contributed by atoms with E-state index in [0.717, 1.165) is 30.8 Å². The Balaban J connectivity index is 1.19. The summed E-state index contributed by atoms with van der Waals surface area (Å²) in [4.78, 5) is 27.4. The van der Waals surface area contributed by atoms with Crippen molar-refractivity contribution in [1.82, 2.24) is 10.1 Å². The number of ether oxygens (including phenoxy) is 8. The minimum Gasteiger partial charge on any atom is -0.493 e. The molecule has 0 unspecified atom stereocenters. The maximum absolute atomic E-state index is 13.9. The molecule has 0 spiro atoms. The molecule has 1 atom stereocenters. The van der Waals surface area contributed by atoms with Gasteiger partial charge in [-0.15, -0.1) is 23.5 Å². The smallest absolute Gasteiger partial charge is 0.286 e. The molecule has 320 valence electrons. The minimum absolute atomic E-state index is 0.000280. The monoisotopic (exact) mass is 855 g/mol. The van der Waals surface area contributed by atoms with Crippen molar-refractivity contribution in [1.29, 1.82) is 0 Å². The summed E-state index contributed by atoms with van der Waals surface area (Å²) in [6, 6.07) is 11.7. The fraction of sp³-hybridized carbons (Fsp3) is 0.476. The van der Waals surface area contributed by atoms with Crippen LogP contribution in [0.15, 0.2) is 47.0 Å². The van der Waals surface area contributed by atoms with Crippen molar-refractivity contribution < 1.29 is 52.1 Å². The molecule has 15 nitrogen and oxygen atoms in total. The summed E-state index contributed by atoms with van der Waals surface area (Å²) in [5.74, 6) is 5.24. The Kier molecular flexibility index (Phi) is 16.5. The second-order valence-corrected chi connectivity index (χ2v) is 16.4. The predicted octanol–water partition coefficient (Wildman–Crippen LogP) is 9.03. The number of nitrogens with zero attached hydrogens (tertiary/aromatic N) is 3. The highest BCUT2D eigenvalue weighted by molar-refractivity contribution is 8.17. The van der Waals surface area contributed by atoms with E-state index in [9.17, 15) is 14.9 Å². The van der Waals surface area contributed by atoms with E-state index in [1.54, 1.807) is 63.7 Å². The third kappa shape index (κ3) is 10.5. The number of hydrogen-bond acceptors (Lipinski definition) is 15. The molecule has 59 heavy (non-hydrogen) atoms. The number of carbonyl (C=O) groups excluding carboxylic acids is 1. The Morgan fingerprint density at radius 2 is 1.34 bits per heavy atom. The lowest BCUT2D eigenvalue weighted by Crippen LogP contribution is -2.41. The zero-order valence-electron chi connectivity index (χ0n) is 34.8. The summed E-state index contributed by atoms with van der Waals surface area (Å²) in [5, 5.41) is 16.5. The number of nitro groups is 1. The number of carbonyl (C=O) groups is 1. The summed E-state index contributed by atoms with van der Waals surface area (Å²) in [6.07, 6.45) is 3.77. The van der Waals surface area contributed by atoms with E-state index >= 15 is 0 Å². The van der Waals surface area contributed by atoms with Gasteiger partial charge in [-0.2, -0.15) is 0 Å². The van der Waals surface area contributed by atoms with Crippen molar-refractivity contribution in [3.63, 3.8) is 0 Å². The number of unbranched alkanes of at least 4 members (excludes halogenated alkanes) is 2. The summed E-state index contributed by atoms with van der Waals surface area (Å²) in [7, 11) is 9.18. The normalized spacial score (nSPS) is 13.6. The van der Waals surface area contributed by atoms with Gasteiger partial charge in [0.05, 0.1) is 77.5 Å². The number of hydrogen-bond donors (Lipinski definition) is 0. The lowest BCUT2D eigenvalue weighted by Gasteiger charge is -2.31. The molecule has 0 bridgehead atoms. The van der Waals surface area contributed by atoms with Crippen molar-refractivity contribution in [3.05, 3.63) is 58.1 Å². The molecule has 0 N–H and O–H groups in total. The lowest BCUT2D eigenvalue weighted by molar-refractivity contribution is -0.385. The van der Waals surface area contributed by atoms with Gasteiger partial charge in [0.25, 0.3) is 11.6 Å². The van der Waals surface area contributed by atoms with Gasteiger partial charge in [0.15, 0.2) is 40.3 Å². The van der Waals surface area contributed by atoms with Gasteiger partial charge >= 0.3 is 0 Å². The first-order valence-corrected chi connectivity index (χ1v) is 21.5. The third-order valence-corrected chi connectivity index (χ3v) is 12.5. The highest BCUT2D eigenvalue weighted by Crippen LogP contribution is 2.45. The molecule has 0 radical (unpaired) electrons. The summed E-state index contributed by atoms with van der Waals surface area (Å²) >= 11 is 3.63. The highest BCUT2D eigenvalue weighted by atomic mass is 32.2. The average Bonchev–Trinajstić information content (AvgIpc) is 3.96. The maximum Gasteiger partial charge on any atom is 0.286 e. The molecule has 4 aromatic rings. The molecule has 2 heterocycles. The van der Waals surface area contributed by atoms with Crippen molar-refractivity contribution in [3.8, 4) is 68.6 Å². The first kappa shape index (κ1) is 44.9. The Hall–Kier alpha value is -5.16. The van der Waals surface area contributed by atoms with Gasteiger partial charge in [-0.25, -0.2) is 0 Å². The van der Waals surface area contributed by atoms with Crippen LogP contribution >= 0.6 is 23.5 Å². The number of nitro benzene ring substituents is 1. The van der Waals surface area contributed by atoms with Crippen LogP contribution in [0.5, 0.6) is 46.0 Å². The van der Waals surface area contributed by atoms with Crippen LogP contribution in [0.2, 0.25) is 0 Å². The molecule has 17 heteroatoms. The van der Waals surface area contributed by atoms with E-state index in [2.05, 4.69) is 19.0 Å². The number of likely N-dealkylation sites (tertiary alicyclic amines) is 1. The quantitative estimate of drug-likeness (QED) is 0.0300. The molecule has 1 aliphatic heterocycles. The third-order valence-electron chi connectivity index (χ3n) is 9.75. The molecule has 3 aromatic carbocycles. The van der Waals surface area contributed by atoms with Crippen LogP contribution in [0.3, 0.4) is 0 Å². The molecule has 1 amide bonds. The number of aromatic nitrogens is 1.